The molecule has 1 aromatic carbocycles. The quantitative estimate of drug-likeness (QED) is 0.603. The van der Waals surface area contributed by atoms with E-state index < -0.39 is 5.60 Å². The summed E-state index contributed by atoms with van der Waals surface area (Å²) in [6.07, 6.45) is 4.62. The summed E-state index contributed by atoms with van der Waals surface area (Å²) in [4.78, 5) is 23.0. The lowest BCUT2D eigenvalue weighted by atomic mass is 10.0. The molecule has 0 radical (unpaired) electrons. The number of anilines is 1. The van der Waals surface area contributed by atoms with Crippen molar-refractivity contribution in [2.45, 2.75) is 45.3 Å². The van der Waals surface area contributed by atoms with Crippen molar-refractivity contribution in [3.05, 3.63) is 48.1 Å². The number of rotatable bonds is 3. The molecule has 8 nitrogen and oxygen atoms in total. The number of hydrogen-bond donors (Lipinski definition) is 1. The highest BCUT2D eigenvalue weighted by Gasteiger charge is 2.26. The highest BCUT2D eigenvalue weighted by Crippen LogP contribution is 2.35. The topological polar surface area (TPSA) is 89.7 Å². The molecule has 0 saturated carbocycles. The van der Waals surface area contributed by atoms with Crippen molar-refractivity contribution in [1.29, 1.82) is 0 Å². The van der Waals surface area contributed by atoms with E-state index in [9.17, 15) is 4.79 Å². The molecule has 172 valence electrons. The summed E-state index contributed by atoms with van der Waals surface area (Å²) >= 11 is 0. The molecule has 8 heteroatoms. The van der Waals surface area contributed by atoms with Crippen LogP contribution >= 0.6 is 0 Å². The number of amides is 1. The second-order valence-corrected chi connectivity index (χ2v) is 8.88. The van der Waals surface area contributed by atoms with Gasteiger partial charge in [0.05, 0.1) is 12.8 Å². The van der Waals surface area contributed by atoms with Gasteiger partial charge in [0.15, 0.2) is 11.1 Å². The van der Waals surface area contributed by atoms with Crippen molar-refractivity contribution in [3.63, 3.8) is 0 Å². The Labute approximate surface area is 193 Å². The third kappa shape index (κ3) is 5.55. The second kappa shape index (κ2) is 9.41. The van der Waals surface area contributed by atoms with Crippen LogP contribution in [-0.4, -0.2) is 47.9 Å². The van der Waals surface area contributed by atoms with Crippen molar-refractivity contribution in [2.24, 2.45) is 0 Å². The van der Waals surface area contributed by atoms with Crippen LogP contribution in [0, 0.1) is 11.8 Å². The molecule has 3 aromatic rings. The van der Waals surface area contributed by atoms with Gasteiger partial charge in [0, 0.05) is 37.1 Å². The number of benzene rings is 1. The lowest BCUT2D eigenvalue weighted by molar-refractivity contribution is 0.0497. The fourth-order valence-corrected chi connectivity index (χ4v) is 3.74. The molecule has 0 spiro atoms. The molecular formula is C25H28N4O4. The Morgan fingerprint density at radius 3 is 2.67 bits per heavy atom. The molecule has 1 amide bonds. The molecule has 2 aromatic heterocycles. The van der Waals surface area contributed by atoms with E-state index in [1.54, 1.807) is 19.5 Å². The minimum Gasteiger partial charge on any atom is -0.494 e. The number of fused-ring (bicyclic) bond motifs is 1. The predicted molar refractivity (Wildman–Crippen MR) is 125 cm³/mol. The van der Waals surface area contributed by atoms with Crippen LogP contribution in [0.3, 0.4) is 0 Å². The van der Waals surface area contributed by atoms with Gasteiger partial charge in [0.1, 0.15) is 11.4 Å². The van der Waals surface area contributed by atoms with Gasteiger partial charge in [0.2, 0.25) is 0 Å². The van der Waals surface area contributed by atoms with Gasteiger partial charge in [-0.05, 0) is 63.8 Å². The van der Waals surface area contributed by atoms with E-state index in [0.29, 0.717) is 22.7 Å². The van der Waals surface area contributed by atoms with E-state index in [1.165, 1.54) is 0 Å². The Kier molecular flexibility index (Phi) is 6.40. The van der Waals surface area contributed by atoms with Crippen LogP contribution in [0.1, 0.15) is 45.1 Å². The number of alkyl carbamates (subject to hydrolysis) is 1. The molecule has 0 bridgehead atoms. The number of nitrogens with one attached hydrogen (secondary N) is 1. The van der Waals surface area contributed by atoms with Crippen LogP contribution in [0.2, 0.25) is 0 Å². The van der Waals surface area contributed by atoms with Gasteiger partial charge >= 0.3 is 6.09 Å². The number of methoxy groups -OCH3 is 1. The van der Waals surface area contributed by atoms with Gasteiger partial charge in [-0.25, -0.2) is 4.79 Å². The molecule has 33 heavy (non-hydrogen) atoms. The molecule has 1 aliphatic heterocycles. The van der Waals surface area contributed by atoms with Crippen LogP contribution in [0.5, 0.6) is 5.75 Å². The fourth-order valence-electron chi connectivity index (χ4n) is 3.74. The van der Waals surface area contributed by atoms with Gasteiger partial charge in [-0.3, -0.25) is 4.98 Å². The second-order valence-electron chi connectivity index (χ2n) is 8.88. The standard InChI is InChI=1S/C25H28N4O4/c1-25(2,3)33-24(30)27-18-11-14-29(15-12-18)19-8-9-20(31-4)22-23(19)32-21(28-22)10-7-17-6-5-13-26-16-17/h5-6,8-9,13,16,18H,11-12,14-15H2,1-4H3,(H,27,30). The highest BCUT2D eigenvalue weighted by molar-refractivity contribution is 5.91. The van der Waals surface area contributed by atoms with Gasteiger partial charge in [-0.1, -0.05) is 5.92 Å². The third-order valence-electron chi connectivity index (χ3n) is 5.24. The number of carbonyl (C=O) groups is 1. The SMILES string of the molecule is COc1ccc(N2CCC(NC(=O)OC(C)(C)C)CC2)c2oc(C#Cc3cccnc3)nc12. The number of pyridine rings is 1. The molecule has 1 N–H and O–H groups in total. The predicted octanol–water partition coefficient (Wildman–Crippen LogP) is 4.12. The summed E-state index contributed by atoms with van der Waals surface area (Å²) < 4.78 is 16.9. The molecule has 1 fully saturated rings. The fraction of sp³-hybridized carbons (Fsp3) is 0.400. The lowest BCUT2D eigenvalue weighted by Crippen LogP contribution is -2.46. The Morgan fingerprint density at radius 2 is 2.00 bits per heavy atom. The van der Waals surface area contributed by atoms with Crippen molar-refractivity contribution in [1.82, 2.24) is 15.3 Å². The van der Waals surface area contributed by atoms with E-state index >= 15 is 0 Å². The number of oxazole rings is 1. The first-order valence-electron chi connectivity index (χ1n) is 11.0. The number of piperidine rings is 1. The molecule has 1 aliphatic rings. The van der Waals surface area contributed by atoms with Crippen LogP contribution in [0.25, 0.3) is 11.1 Å². The summed E-state index contributed by atoms with van der Waals surface area (Å²) in [7, 11) is 1.61. The summed E-state index contributed by atoms with van der Waals surface area (Å²) in [5, 5.41) is 2.97. The van der Waals surface area contributed by atoms with Crippen LogP contribution in [0.15, 0.2) is 41.1 Å². The third-order valence-corrected chi connectivity index (χ3v) is 5.24. The maximum absolute atomic E-state index is 12.1. The Morgan fingerprint density at radius 1 is 1.21 bits per heavy atom. The molecule has 1 saturated heterocycles. The molecule has 4 rings (SSSR count). The van der Waals surface area contributed by atoms with Crippen molar-refractivity contribution >= 4 is 22.9 Å². The van der Waals surface area contributed by atoms with Crippen LogP contribution < -0.4 is 15.0 Å². The van der Waals surface area contributed by atoms with Crippen molar-refractivity contribution in [2.75, 3.05) is 25.1 Å². The molecule has 3 heterocycles. The lowest BCUT2D eigenvalue weighted by Gasteiger charge is -2.34. The number of carbonyl (C=O) groups excluding carboxylic acids is 1. The first-order chi connectivity index (χ1) is 15.8. The van der Waals surface area contributed by atoms with E-state index in [4.69, 9.17) is 13.9 Å². The first-order valence-corrected chi connectivity index (χ1v) is 11.0. The summed E-state index contributed by atoms with van der Waals surface area (Å²) in [6.45, 7) is 7.10. The molecule has 0 aliphatic carbocycles. The Bertz CT molecular complexity index is 1180. The van der Waals surface area contributed by atoms with Gasteiger partial charge < -0.3 is 24.1 Å². The maximum Gasteiger partial charge on any atom is 0.407 e. The van der Waals surface area contributed by atoms with Crippen LogP contribution in [0.4, 0.5) is 10.5 Å². The van der Waals surface area contributed by atoms with Gasteiger partial charge in [-0.2, -0.15) is 4.98 Å². The minimum atomic E-state index is -0.511. The summed E-state index contributed by atoms with van der Waals surface area (Å²) in [6, 6.07) is 7.65. The van der Waals surface area contributed by atoms with Crippen molar-refractivity contribution in [3.8, 4) is 17.6 Å². The van der Waals surface area contributed by atoms with Gasteiger partial charge in [0.25, 0.3) is 5.89 Å². The van der Waals surface area contributed by atoms with E-state index in [2.05, 4.69) is 32.0 Å². The molecule has 0 unspecified atom stereocenters. The minimum absolute atomic E-state index is 0.0699. The molecular weight excluding hydrogens is 420 g/mol. The molecule has 0 atom stereocenters. The first kappa shape index (κ1) is 22.5. The normalized spacial score (nSPS) is 14.5. The average Bonchev–Trinajstić information content (AvgIpc) is 3.21. The van der Waals surface area contributed by atoms with E-state index in [-0.39, 0.29) is 12.1 Å². The highest BCUT2D eigenvalue weighted by atomic mass is 16.6. The monoisotopic (exact) mass is 448 g/mol. The van der Waals surface area contributed by atoms with Crippen LogP contribution in [-0.2, 0) is 4.74 Å². The van der Waals surface area contributed by atoms with E-state index in [1.807, 2.05) is 45.0 Å². The van der Waals surface area contributed by atoms with Gasteiger partial charge in [-0.15, -0.1) is 0 Å². The summed E-state index contributed by atoms with van der Waals surface area (Å²) in [5.74, 6) is 6.95. The average molecular weight is 449 g/mol. The largest absolute Gasteiger partial charge is 0.494 e. The number of nitrogens with zero attached hydrogens (tertiary/aromatic N) is 3. The zero-order chi connectivity index (χ0) is 23.4. The Hall–Kier alpha value is -3.73. The number of hydrogen-bond acceptors (Lipinski definition) is 7. The smallest absolute Gasteiger partial charge is 0.407 e. The number of ether oxygens (including phenoxy) is 2. The maximum atomic E-state index is 12.1. The zero-order valence-electron chi connectivity index (χ0n) is 19.3. The number of aromatic nitrogens is 2. The zero-order valence-corrected chi connectivity index (χ0v) is 19.3. The van der Waals surface area contributed by atoms with Crippen molar-refractivity contribution < 1.29 is 18.7 Å². The van der Waals surface area contributed by atoms with E-state index in [0.717, 1.165) is 37.2 Å². The Balaban J connectivity index is 1.51. The summed E-state index contributed by atoms with van der Waals surface area (Å²) in [5.41, 5.74) is 2.49.